The summed E-state index contributed by atoms with van der Waals surface area (Å²) in [5.41, 5.74) is 2.56. The Morgan fingerprint density at radius 3 is 2.51 bits per heavy atom. The van der Waals surface area contributed by atoms with Crippen molar-refractivity contribution in [2.45, 2.75) is 39.1 Å². The van der Waals surface area contributed by atoms with Crippen LogP contribution >= 0.6 is 0 Å². The predicted octanol–water partition coefficient (Wildman–Crippen LogP) is 4.85. The fourth-order valence-corrected chi connectivity index (χ4v) is 5.59. The Kier molecular flexibility index (Phi) is 7.58. The third kappa shape index (κ3) is 5.89. The summed E-state index contributed by atoms with van der Waals surface area (Å²) < 4.78 is 10.5. The summed E-state index contributed by atoms with van der Waals surface area (Å²) in [4.78, 5) is 31.9. The maximum Gasteiger partial charge on any atom is 0.410 e. The van der Waals surface area contributed by atoms with Crippen molar-refractivity contribution in [1.82, 2.24) is 23.6 Å². The highest BCUT2D eigenvalue weighted by Crippen LogP contribution is 2.22. The molecule has 1 saturated heterocycles. The fourth-order valence-electron chi connectivity index (χ4n) is 5.59. The van der Waals surface area contributed by atoms with Crippen LogP contribution in [0, 0.1) is 5.92 Å². The number of aromatic hydroxyl groups is 1. The number of fused-ring (bicyclic) bond motifs is 1. The minimum Gasteiger partial charge on any atom is -0.493 e. The number of rotatable bonds is 8. The van der Waals surface area contributed by atoms with Gasteiger partial charge in [-0.25, -0.2) is 14.6 Å². The van der Waals surface area contributed by atoms with Crippen LogP contribution < -0.4 is 5.69 Å². The monoisotopic (exact) mass is 551 g/mol. The molecule has 0 bridgehead atoms. The maximum absolute atomic E-state index is 13.3. The zero-order chi connectivity index (χ0) is 28.2. The van der Waals surface area contributed by atoms with Gasteiger partial charge < -0.3 is 19.3 Å². The molecule has 5 aromatic rings. The molecule has 2 aromatic heterocycles. The molecular formula is C32H33N5O4. The largest absolute Gasteiger partial charge is 0.493 e. The highest BCUT2D eigenvalue weighted by molar-refractivity contribution is 5.85. The number of hydrogen-bond donors (Lipinski definition) is 1. The number of carbonyl (C=O) groups is 1. The highest BCUT2D eigenvalue weighted by atomic mass is 16.6. The molecule has 41 heavy (non-hydrogen) atoms. The molecule has 9 heteroatoms. The van der Waals surface area contributed by atoms with E-state index >= 15 is 0 Å². The molecule has 1 aliphatic rings. The van der Waals surface area contributed by atoms with Crippen LogP contribution in [0.1, 0.15) is 29.7 Å². The van der Waals surface area contributed by atoms with Gasteiger partial charge in [0.25, 0.3) is 0 Å². The Bertz CT molecular complexity index is 1690. The number of nitrogens with zero attached hydrogens (tertiary/aromatic N) is 5. The van der Waals surface area contributed by atoms with Gasteiger partial charge in [0.05, 0.1) is 31.3 Å². The van der Waals surface area contributed by atoms with E-state index in [0.29, 0.717) is 25.6 Å². The van der Waals surface area contributed by atoms with Gasteiger partial charge in [0.2, 0.25) is 5.88 Å². The average Bonchev–Trinajstić information content (AvgIpc) is 3.55. The van der Waals surface area contributed by atoms with Gasteiger partial charge in [0, 0.05) is 25.8 Å². The summed E-state index contributed by atoms with van der Waals surface area (Å²) in [7, 11) is 0. The van der Waals surface area contributed by atoms with E-state index in [1.54, 1.807) is 22.0 Å². The third-order valence-electron chi connectivity index (χ3n) is 7.90. The van der Waals surface area contributed by atoms with Crippen molar-refractivity contribution in [3.63, 3.8) is 0 Å². The first-order valence-electron chi connectivity index (χ1n) is 14.0. The van der Waals surface area contributed by atoms with Gasteiger partial charge in [-0.15, -0.1) is 0 Å². The number of ether oxygens (including phenoxy) is 1. The first-order chi connectivity index (χ1) is 20.0. The molecule has 0 spiro atoms. The van der Waals surface area contributed by atoms with Gasteiger partial charge >= 0.3 is 11.8 Å². The molecule has 0 atom stereocenters. The smallest absolute Gasteiger partial charge is 0.410 e. The summed E-state index contributed by atoms with van der Waals surface area (Å²) in [5.74, 6) is 0.285. The van der Waals surface area contributed by atoms with Gasteiger partial charge in [-0.3, -0.25) is 9.13 Å². The minimum absolute atomic E-state index is 0.0784. The molecule has 1 N–H and O–H groups in total. The van der Waals surface area contributed by atoms with Crippen molar-refractivity contribution < 1.29 is 14.6 Å². The standard InChI is InChI=1S/C32H33N5O4/c38-30-21-35(19-27-11-6-10-26-9-4-5-12-29(26)27)31(39)37(30)20-28-17-33-23-36(28)18-24-13-15-34(16-14-24)32(40)41-22-25-7-2-1-3-8-25/h1-12,17,21,23-24,38H,13-16,18-20,22H2. The molecule has 0 saturated carbocycles. The Morgan fingerprint density at radius 1 is 0.927 bits per heavy atom. The van der Waals surface area contributed by atoms with Crippen LogP contribution in [0.2, 0.25) is 0 Å². The lowest BCUT2D eigenvalue weighted by atomic mass is 9.97. The number of aromatic nitrogens is 4. The number of likely N-dealkylation sites (tertiary alicyclic amines) is 1. The summed E-state index contributed by atoms with van der Waals surface area (Å²) in [6, 6.07) is 23.8. The topological polar surface area (TPSA) is 94.5 Å². The molecule has 3 heterocycles. The third-order valence-corrected chi connectivity index (χ3v) is 7.90. The van der Waals surface area contributed by atoms with E-state index in [0.717, 1.165) is 47.0 Å². The van der Waals surface area contributed by atoms with E-state index in [4.69, 9.17) is 4.74 Å². The molecule has 210 valence electrons. The van der Waals surface area contributed by atoms with Crippen LogP contribution in [0.3, 0.4) is 0 Å². The Balaban J connectivity index is 1.07. The van der Waals surface area contributed by atoms with Gasteiger partial charge in [0.1, 0.15) is 6.61 Å². The van der Waals surface area contributed by atoms with Crippen molar-refractivity contribution >= 4 is 16.9 Å². The molecule has 1 amide bonds. The van der Waals surface area contributed by atoms with Crippen LogP contribution in [0.15, 0.2) is 96.3 Å². The second-order valence-electron chi connectivity index (χ2n) is 10.6. The van der Waals surface area contributed by atoms with Gasteiger partial charge in [0.15, 0.2) is 0 Å². The van der Waals surface area contributed by atoms with E-state index in [1.165, 1.54) is 10.8 Å². The van der Waals surface area contributed by atoms with Crippen molar-refractivity contribution in [3.05, 3.63) is 119 Å². The quantitative estimate of drug-likeness (QED) is 0.298. The van der Waals surface area contributed by atoms with E-state index in [-0.39, 0.29) is 30.8 Å². The van der Waals surface area contributed by atoms with Gasteiger partial charge in [-0.1, -0.05) is 72.8 Å². The second-order valence-corrected chi connectivity index (χ2v) is 10.6. The lowest BCUT2D eigenvalue weighted by Crippen LogP contribution is -2.39. The van der Waals surface area contributed by atoms with Crippen LogP contribution in [0.4, 0.5) is 4.79 Å². The first-order valence-corrected chi connectivity index (χ1v) is 14.0. The van der Waals surface area contributed by atoms with Crippen molar-refractivity contribution in [3.8, 4) is 5.88 Å². The Morgan fingerprint density at radius 2 is 1.68 bits per heavy atom. The van der Waals surface area contributed by atoms with E-state index < -0.39 is 0 Å². The lowest BCUT2D eigenvalue weighted by molar-refractivity contribution is 0.0806. The zero-order valence-electron chi connectivity index (χ0n) is 22.8. The van der Waals surface area contributed by atoms with Crippen molar-refractivity contribution in [1.29, 1.82) is 0 Å². The molecule has 0 aliphatic carbocycles. The Labute approximate surface area is 237 Å². The summed E-state index contributed by atoms with van der Waals surface area (Å²) in [6.07, 6.45) is 6.43. The van der Waals surface area contributed by atoms with Crippen LogP contribution in [-0.4, -0.2) is 47.9 Å². The maximum atomic E-state index is 13.3. The van der Waals surface area contributed by atoms with Gasteiger partial charge in [-0.05, 0) is 40.7 Å². The van der Waals surface area contributed by atoms with E-state index in [1.807, 2.05) is 77.4 Å². The number of hydrogen-bond acceptors (Lipinski definition) is 5. The number of piperidine rings is 1. The second kappa shape index (κ2) is 11.8. The SMILES string of the molecule is O=C(OCc1ccccc1)N1CCC(Cn2cncc2Cn2c(O)cn(Cc3cccc4ccccc34)c2=O)CC1. The molecule has 6 rings (SSSR count). The predicted molar refractivity (Wildman–Crippen MR) is 156 cm³/mol. The molecule has 9 nitrogen and oxygen atoms in total. The Hall–Kier alpha value is -4.79. The molecule has 3 aromatic carbocycles. The summed E-state index contributed by atoms with van der Waals surface area (Å²) >= 11 is 0. The average molecular weight is 552 g/mol. The van der Waals surface area contributed by atoms with Crippen LogP contribution in [-0.2, 0) is 31.0 Å². The fraction of sp³-hybridized carbons (Fsp3) is 0.281. The molecule has 0 radical (unpaired) electrons. The summed E-state index contributed by atoms with van der Waals surface area (Å²) in [5, 5.41) is 12.9. The minimum atomic E-state index is -0.279. The number of carbonyl (C=O) groups excluding carboxylic acids is 1. The highest BCUT2D eigenvalue weighted by Gasteiger charge is 2.25. The molecular weight excluding hydrogens is 518 g/mol. The first kappa shape index (κ1) is 26.4. The van der Waals surface area contributed by atoms with Crippen molar-refractivity contribution in [2.75, 3.05) is 13.1 Å². The van der Waals surface area contributed by atoms with Crippen molar-refractivity contribution in [2.24, 2.45) is 5.92 Å². The van der Waals surface area contributed by atoms with E-state index in [2.05, 4.69) is 4.98 Å². The number of amides is 1. The van der Waals surface area contributed by atoms with E-state index in [9.17, 15) is 14.7 Å². The lowest BCUT2D eigenvalue weighted by Gasteiger charge is -2.31. The molecule has 1 fully saturated rings. The summed E-state index contributed by atoms with van der Waals surface area (Å²) in [6.45, 7) is 2.87. The van der Waals surface area contributed by atoms with Gasteiger partial charge in [-0.2, -0.15) is 0 Å². The normalized spacial score (nSPS) is 14.0. The van der Waals surface area contributed by atoms with Crippen LogP contribution in [0.5, 0.6) is 5.88 Å². The number of imidazole rings is 2. The number of benzene rings is 3. The van der Waals surface area contributed by atoms with Crippen LogP contribution in [0.25, 0.3) is 10.8 Å². The molecule has 1 aliphatic heterocycles. The molecule has 0 unspecified atom stereocenters. The zero-order valence-corrected chi connectivity index (χ0v) is 22.8.